The minimum absolute atomic E-state index is 0.247. The van der Waals surface area contributed by atoms with Gasteiger partial charge in [-0.05, 0) is 11.6 Å². The van der Waals surface area contributed by atoms with Crippen LogP contribution in [0.25, 0.3) is 0 Å². The first-order chi connectivity index (χ1) is 11.4. The third kappa shape index (κ3) is 3.39. The highest BCUT2D eigenvalue weighted by Gasteiger charge is 2.29. The second-order valence-corrected chi connectivity index (χ2v) is 6.14. The van der Waals surface area contributed by atoms with Crippen molar-refractivity contribution in [2.45, 2.75) is 19.6 Å². The van der Waals surface area contributed by atoms with Gasteiger partial charge in [-0.15, -0.1) is 0 Å². The van der Waals surface area contributed by atoms with E-state index in [1.54, 1.807) is 0 Å². The number of piperazine rings is 1. The predicted octanol–water partition coefficient (Wildman–Crippen LogP) is 2.70. The number of nitrogens with zero attached hydrogens (tertiary/aromatic N) is 2. The molecule has 2 aliphatic rings. The molecule has 0 aromatic heterocycles. The maximum Gasteiger partial charge on any atom is 0.262 e. The van der Waals surface area contributed by atoms with Crippen LogP contribution in [-0.4, -0.2) is 42.4 Å². The SMILES string of the molecule is c1ccc(CN2CCN(C3OCc4ccccc4O3)CC2)cc1. The Kier molecular flexibility index (Phi) is 4.28. The van der Waals surface area contributed by atoms with Gasteiger partial charge in [-0.1, -0.05) is 48.5 Å². The van der Waals surface area contributed by atoms with E-state index in [2.05, 4.69) is 46.2 Å². The molecule has 1 atom stereocenters. The molecule has 0 radical (unpaired) electrons. The minimum Gasteiger partial charge on any atom is -0.451 e. The Morgan fingerprint density at radius 3 is 2.43 bits per heavy atom. The van der Waals surface area contributed by atoms with Crippen molar-refractivity contribution in [3.05, 3.63) is 65.7 Å². The van der Waals surface area contributed by atoms with Crippen LogP contribution >= 0.6 is 0 Å². The molecule has 0 spiro atoms. The fourth-order valence-corrected chi connectivity index (χ4v) is 3.20. The minimum atomic E-state index is -0.247. The third-order valence-electron chi connectivity index (χ3n) is 4.54. The van der Waals surface area contributed by atoms with E-state index in [0.29, 0.717) is 6.61 Å². The van der Waals surface area contributed by atoms with E-state index in [4.69, 9.17) is 9.47 Å². The molecule has 4 heteroatoms. The number of para-hydroxylation sites is 1. The van der Waals surface area contributed by atoms with Crippen LogP contribution in [0, 0.1) is 0 Å². The van der Waals surface area contributed by atoms with Crippen LogP contribution < -0.4 is 4.74 Å². The number of benzene rings is 2. The first-order valence-electron chi connectivity index (χ1n) is 8.25. The Balaban J connectivity index is 1.32. The largest absolute Gasteiger partial charge is 0.451 e. The number of ether oxygens (including phenoxy) is 2. The van der Waals surface area contributed by atoms with Gasteiger partial charge in [-0.25, -0.2) is 4.90 Å². The molecule has 2 aromatic rings. The summed E-state index contributed by atoms with van der Waals surface area (Å²) in [5, 5.41) is 0. The van der Waals surface area contributed by atoms with Crippen LogP contribution in [0.15, 0.2) is 54.6 Å². The summed E-state index contributed by atoms with van der Waals surface area (Å²) in [7, 11) is 0. The summed E-state index contributed by atoms with van der Waals surface area (Å²) in [5.74, 6) is 0.954. The summed E-state index contributed by atoms with van der Waals surface area (Å²) in [5.41, 5.74) is 2.51. The molecule has 1 fully saturated rings. The van der Waals surface area contributed by atoms with Crippen molar-refractivity contribution in [2.24, 2.45) is 0 Å². The molecule has 0 N–H and O–H groups in total. The molecule has 2 heterocycles. The van der Waals surface area contributed by atoms with Gasteiger partial charge in [-0.2, -0.15) is 0 Å². The lowest BCUT2D eigenvalue weighted by Gasteiger charge is -2.40. The molecular weight excluding hydrogens is 288 g/mol. The second kappa shape index (κ2) is 6.71. The van der Waals surface area contributed by atoms with E-state index in [9.17, 15) is 0 Å². The summed E-state index contributed by atoms with van der Waals surface area (Å²) < 4.78 is 11.9. The normalized spacial score (nSPS) is 22.3. The second-order valence-electron chi connectivity index (χ2n) is 6.14. The Labute approximate surface area is 137 Å². The van der Waals surface area contributed by atoms with Gasteiger partial charge in [-0.3, -0.25) is 4.90 Å². The summed E-state index contributed by atoms with van der Waals surface area (Å²) >= 11 is 0. The molecule has 2 aromatic carbocycles. The van der Waals surface area contributed by atoms with Crippen LogP contribution in [0.5, 0.6) is 5.75 Å². The van der Waals surface area contributed by atoms with Gasteiger partial charge >= 0.3 is 0 Å². The quantitative estimate of drug-likeness (QED) is 0.870. The van der Waals surface area contributed by atoms with Crippen LogP contribution in [0.3, 0.4) is 0 Å². The smallest absolute Gasteiger partial charge is 0.262 e. The fraction of sp³-hybridized carbons (Fsp3) is 0.368. The maximum absolute atomic E-state index is 6.01. The molecule has 23 heavy (non-hydrogen) atoms. The van der Waals surface area contributed by atoms with Gasteiger partial charge in [0.05, 0.1) is 6.61 Å². The number of fused-ring (bicyclic) bond motifs is 1. The molecule has 0 saturated carbocycles. The Hall–Kier alpha value is -1.88. The summed E-state index contributed by atoms with van der Waals surface area (Å²) in [4.78, 5) is 4.78. The van der Waals surface area contributed by atoms with Crippen molar-refractivity contribution in [3.8, 4) is 5.75 Å². The van der Waals surface area contributed by atoms with Crippen LogP contribution in [0.2, 0.25) is 0 Å². The van der Waals surface area contributed by atoms with Crippen molar-refractivity contribution >= 4 is 0 Å². The Morgan fingerprint density at radius 1 is 0.870 bits per heavy atom. The van der Waals surface area contributed by atoms with Crippen molar-refractivity contribution in [2.75, 3.05) is 26.2 Å². The molecule has 0 aliphatic carbocycles. The van der Waals surface area contributed by atoms with E-state index in [1.165, 1.54) is 5.56 Å². The molecule has 0 bridgehead atoms. The van der Waals surface area contributed by atoms with Gasteiger partial charge in [0.2, 0.25) is 0 Å². The Bertz CT molecular complexity index is 639. The number of hydrogen-bond donors (Lipinski definition) is 0. The molecule has 4 rings (SSSR count). The number of rotatable bonds is 3. The lowest BCUT2D eigenvalue weighted by atomic mass is 10.2. The van der Waals surface area contributed by atoms with Crippen LogP contribution in [0.1, 0.15) is 11.1 Å². The highest BCUT2D eigenvalue weighted by Crippen LogP contribution is 2.27. The van der Waals surface area contributed by atoms with Crippen LogP contribution in [0.4, 0.5) is 0 Å². The molecule has 2 aliphatic heterocycles. The van der Waals surface area contributed by atoms with Gasteiger partial charge in [0.25, 0.3) is 6.41 Å². The molecule has 1 saturated heterocycles. The molecule has 1 unspecified atom stereocenters. The van der Waals surface area contributed by atoms with Gasteiger partial charge in [0, 0.05) is 38.3 Å². The highest BCUT2D eigenvalue weighted by molar-refractivity contribution is 5.33. The van der Waals surface area contributed by atoms with Crippen molar-refractivity contribution in [1.82, 2.24) is 9.80 Å². The topological polar surface area (TPSA) is 24.9 Å². The Morgan fingerprint density at radius 2 is 1.61 bits per heavy atom. The van der Waals surface area contributed by atoms with Crippen molar-refractivity contribution in [1.29, 1.82) is 0 Å². The summed E-state index contributed by atoms with van der Waals surface area (Å²) in [6, 6.07) is 18.8. The zero-order valence-electron chi connectivity index (χ0n) is 13.2. The van der Waals surface area contributed by atoms with E-state index < -0.39 is 0 Å². The zero-order valence-corrected chi connectivity index (χ0v) is 13.2. The van der Waals surface area contributed by atoms with Gasteiger partial charge in [0.1, 0.15) is 5.75 Å². The first kappa shape index (κ1) is 14.7. The van der Waals surface area contributed by atoms with E-state index in [-0.39, 0.29) is 6.41 Å². The molecule has 0 amide bonds. The number of hydrogen-bond acceptors (Lipinski definition) is 4. The average Bonchev–Trinajstić information content (AvgIpc) is 2.63. The highest BCUT2D eigenvalue weighted by atomic mass is 16.7. The lowest BCUT2D eigenvalue weighted by molar-refractivity contribution is -0.203. The lowest BCUT2D eigenvalue weighted by Crippen LogP contribution is -2.53. The van der Waals surface area contributed by atoms with Crippen LogP contribution in [-0.2, 0) is 17.9 Å². The van der Waals surface area contributed by atoms with Gasteiger partial charge in [0.15, 0.2) is 0 Å². The molecule has 4 nitrogen and oxygen atoms in total. The zero-order chi connectivity index (χ0) is 15.5. The standard InChI is InChI=1S/C19H22N2O2/c1-2-6-16(7-3-1)14-20-10-12-21(13-11-20)19-22-15-17-8-4-5-9-18(17)23-19/h1-9,19H,10-15H2. The monoisotopic (exact) mass is 310 g/mol. The maximum atomic E-state index is 6.01. The van der Waals surface area contributed by atoms with Gasteiger partial charge < -0.3 is 9.47 Å². The van der Waals surface area contributed by atoms with E-state index in [1.807, 2.05) is 18.2 Å². The third-order valence-corrected chi connectivity index (χ3v) is 4.54. The van der Waals surface area contributed by atoms with Crippen molar-refractivity contribution < 1.29 is 9.47 Å². The predicted molar refractivity (Wildman–Crippen MR) is 88.9 cm³/mol. The fourth-order valence-electron chi connectivity index (χ4n) is 3.20. The average molecular weight is 310 g/mol. The first-order valence-corrected chi connectivity index (χ1v) is 8.25. The molecule has 120 valence electrons. The summed E-state index contributed by atoms with van der Waals surface area (Å²) in [6.45, 7) is 5.67. The molecular formula is C19H22N2O2. The summed E-state index contributed by atoms with van der Waals surface area (Å²) in [6.07, 6.45) is -0.247. The van der Waals surface area contributed by atoms with E-state index >= 15 is 0 Å². The van der Waals surface area contributed by atoms with Crippen molar-refractivity contribution in [3.63, 3.8) is 0 Å². The van der Waals surface area contributed by atoms with E-state index in [0.717, 1.165) is 44.0 Å².